The fourth-order valence-corrected chi connectivity index (χ4v) is 1.54. The minimum Gasteiger partial charge on any atom is -0.357 e. The first-order chi connectivity index (χ1) is 9.43. The Morgan fingerprint density at radius 1 is 1.05 bits per heavy atom. The average molecular weight is 281 g/mol. The van der Waals surface area contributed by atoms with Gasteiger partial charge in [0, 0.05) is 33.7 Å². The van der Waals surface area contributed by atoms with Crippen LogP contribution in [0.1, 0.15) is 20.3 Å². The summed E-state index contributed by atoms with van der Waals surface area (Å²) in [4.78, 5) is 17.1. The van der Waals surface area contributed by atoms with Gasteiger partial charge in [-0.25, -0.2) is 0 Å². The highest BCUT2D eigenvalue weighted by atomic mass is 15.3. The van der Waals surface area contributed by atoms with Crippen LogP contribution in [0.4, 0.5) is 17.8 Å². The summed E-state index contributed by atoms with van der Waals surface area (Å²) in [6.07, 6.45) is 1.05. The normalized spacial score (nSPS) is 11.0. The Kier molecular flexibility index (Phi) is 6.44. The topological polar surface area (TPSA) is 69.2 Å². The molecule has 7 heteroatoms. The lowest BCUT2D eigenvalue weighted by atomic mass is 10.3. The lowest BCUT2D eigenvalue weighted by molar-refractivity contribution is 0.273. The second kappa shape index (κ2) is 7.84. The molecule has 0 aliphatic rings. The Morgan fingerprint density at radius 2 is 1.70 bits per heavy atom. The Labute approximate surface area is 121 Å². The zero-order chi connectivity index (χ0) is 15.1. The molecule has 0 aliphatic heterocycles. The minimum absolute atomic E-state index is 0.573. The van der Waals surface area contributed by atoms with Gasteiger partial charge in [0.05, 0.1) is 0 Å². The van der Waals surface area contributed by atoms with E-state index in [4.69, 9.17) is 0 Å². The minimum atomic E-state index is 0.573. The second-order valence-electron chi connectivity index (χ2n) is 5.28. The molecule has 7 nitrogen and oxygen atoms in total. The number of hydrogen-bond acceptors (Lipinski definition) is 7. The van der Waals surface area contributed by atoms with Crippen LogP contribution in [-0.4, -0.2) is 67.2 Å². The van der Waals surface area contributed by atoms with Crippen molar-refractivity contribution in [2.45, 2.75) is 26.3 Å². The van der Waals surface area contributed by atoms with Gasteiger partial charge in [-0.15, -0.1) is 0 Å². The van der Waals surface area contributed by atoms with Crippen molar-refractivity contribution in [1.82, 2.24) is 19.9 Å². The molecule has 0 saturated carbocycles. The van der Waals surface area contributed by atoms with Crippen molar-refractivity contribution >= 4 is 17.8 Å². The molecule has 20 heavy (non-hydrogen) atoms. The SMILES string of the molecule is CNc1nc(NCCCN(C)C(C)C)nc(N(C)C)n1. The van der Waals surface area contributed by atoms with Crippen LogP contribution in [0.15, 0.2) is 0 Å². The Balaban J connectivity index is 2.53. The number of aromatic nitrogens is 3. The summed E-state index contributed by atoms with van der Waals surface area (Å²) in [5.74, 6) is 1.83. The number of nitrogens with zero attached hydrogens (tertiary/aromatic N) is 5. The number of nitrogens with one attached hydrogen (secondary N) is 2. The maximum atomic E-state index is 4.37. The van der Waals surface area contributed by atoms with Crippen LogP contribution >= 0.6 is 0 Å². The summed E-state index contributed by atoms with van der Waals surface area (Å²) in [6, 6.07) is 0.573. The van der Waals surface area contributed by atoms with Gasteiger partial charge in [-0.2, -0.15) is 15.0 Å². The molecule has 0 bridgehead atoms. The summed E-state index contributed by atoms with van der Waals surface area (Å²) in [5.41, 5.74) is 0. The predicted octanol–water partition coefficient (Wildman–Crippen LogP) is 1.12. The van der Waals surface area contributed by atoms with Crippen molar-refractivity contribution in [1.29, 1.82) is 0 Å². The fraction of sp³-hybridized carbons (Fsp3) is 0.769. The second-order valence-corrected chi connectivity index (χ2v) is 5.28. The third-order valence-corrected chi connectivity index (χ3v) is 3.10. The van der Waals surface area contributed by atoms with Crippen molar-refractivity contribution in [2.24, 2.45) is 0 Å². The van der Waals surface area contributed by atoms with Gasteiger partial charge in [0.15, 0.2) is 0 Å². The van der Waals surface area contributed by atoms with Gasteiger partial charge in [0.25, 0.3) is 0 Å². The summed E-state index contributed by atoms with van der Waals surface area (Å²) in [6.45, 7) is 6.29. The molecule has 0 saturated heterocycles. The molecular formula is C13H27N7. The van der Waals surface area contributed by atoms with E-state index >= 15 is 0 Å². The first-order valence-corrected chi connectivity index (χ1v) is 6.99. The zero-order valence-corrected chi connectivity index (χ0v) is 13.4. The Hall–Kier alpha value is -1.63. The van der Waals surface area contributed by atoms with Crippen LogP contribution in [-0.2, 0) is 0 Å². The van der Waals surface area contributed by atoms with Gasteiger partial charge in [-0.1, -0.05) is 0 Å². The van der Waals surface area contributed by atoms with Crippen molar-refractivity contribution < 1.29 is 0 Å². The van der Waals surface area contributed by atoms with Crippen LogP contribution in [0.25, 0.3) is 0 Å². The molecule has 1 aromatic rings. The van der Waals surface area contributed by atoms with E-state index in [0.29, 0.717) is 23.9 Å². The van der Waals surface area contributed by atoms with E-state index in [1.165, 1.54) is 0 Å². The molecule has 0 aliphatic carbocycles. The highest BCUT2D eigenvalue weighted by molar-refractivity contribution is 5.42. The average Bonchev–Trinajstić information content (AvgIpc) is 2.42. The maximum Gasteiger partial charge on any atom is 0.231 e. The predicted molar refractivity (Wildman–Crippen MR) is 84.6 cm³/mol. The van der Waals surface area contributed by atoms with Crippen LogP contribution in [0.2, 0.25) is 0 Å². The highest BCUT2D eigenvalue weighted by Crippen LogP contribution is 2.10. The molecule has 1 aromatic heterocycles. The molecule has 1 rings (SSSR count). The molecule has 1 heterocycles. The van der Waals surface area contributed by atoms with Crippen LogP contribution in [0.5, 0.6) is 0 Å². The summed E-state index contributed by atoms with van der Waals surface area (Å²) >= 11 is 0. The monoisotopic (exact) mass is 281 g/mol. The quantitative estimate of drug-likeness (QED) is 0.692. The molecular weight excluding hydrogens is 254 g/mol. The lowest BCUT2D eigenvalue weighted by Crippen LogP contribution is -2.28. The van der Waals surface area contributed by atoms with E-state index in [2.05, 4.69) is 51.4 Å². The Morgan fingerprint density at radius 3 is 2.25 bits per heavy atom. The molecule has 0 radical (unpaired) electrons. The number of rotatable bonds is 8. The van der Waals surface area contributed by atoms with Crippen LogP contribution in [0.3, 0.4) is 0 Å². The molecule has 0 amide bonds. The van der Waals surface area contributed by atoms with E-state index in [1.807, 2.05) is 19.0 Å². The third-order valence-electron chi connectivity index (χ3n) is 3.10. The van der Waals surface area contributed by atoms with Crippen molar-refractivity contribution in [2.75, 3.05) is 56.8 Å². The number of anilines is 3. The van der Waals surface area contributed by atoms with Crippen LogP contribution in [0, 0.1) is 0 Å². The standard InChI is InChI=1S/C13H27N7/c1-10(2)20(6)9-7-8-15-12-16-11(14-3)17-13(18-12)19(4)5/h10H,7-9H2,1-6H3,(H2,14,15,16,17,18). The molecule has 0 aromatic carbocycles. The molecule has 0 fully saturated rings. The summed E-state index contributed by atoms with van der Waals surface area (Å²) in [7, 11) is 7.76. The first kappa shape index (κ1) is 16.4. The molecule has 0 unspecified atom stereocenters. The fourth-order valence-electron chi connectivity index (χ4n) is 1.54. The van der Waals surface area contributed by atoms with E-state index in [9.17, 15) is 0 Å². The third kappa shape index (κ3) is 5.16. The molecule has 0 atom stereocenters. The smallest absolute Gasteiger partial charge is 0.231 e. The van der Waals surface area contributed by atoms with Gasteiger partial charge in [0.2, 0.25) is 17.8 Å². The van der Waals surface area contributed by atoms with E-state index in [1.54, 1.807) is 7.05 Å². The van der Waals surface area contributed by atoms with Gasteiger partial charge in [-0.3, -0.25) is 0 Å². The van der Waals surface area contributed by atoms with Crippen molar-refractivity contribution in [3.63, 3.8) is 0 Å². The van der Waals surface area contributed by atoms with Crippen LogP contribution < -0.4 is 15.5 Å². The van der Waals surface area contributed by atoms with Crippen molar-refractivity contribution in [3.8, 4) is 0 Å². The van der Waals surface area contributed by atoms with E-state index in [0.717, 1.165) is 19.5 Å². The van der Waals surface area contributed by atoms with E-state index in [-0.39, 0.29) is 0 Å². The van der Waals surface area contributed by atoms with Gasteiger partial charge >= 0.3 is 0 Å². The summed E-state index contributed by atoms with van der Waals surface area (Å²) in [5, 5.41) is 6.20. The van der Waals surface area contributed by atoms with Crippen molar-refractivity contribution in [3.05, 3.63) is 0 Å². The Bertz CT molecular complexity index is 406. The molecule has 0 spiro atoms. The highest BCUT2D eigenvalue weighted by Gasteiger charge is 2.07. The van der Waals surface area contributed by atoms with Gasteiger partial charge < -0.3 is 20.4 Å². The van der Waals surface area contributed by atoms with E-state index < -0.39 is 0 Å². The number of hydrogen-bond donors (Lipinski definition) is 2. The summed E-state index contributed by atoms with van der Waals surface area (Å²) < 4.78 is 0. The zero-order valence-electron chi connectivity index (χ0n) is 13.4. The molecule has 114 valence electrons. The largest absolute Gasteiger partial charge is 0.357 e. The lowest BCUT2D eigenvalue weighted by Gasteiger charge is -2.20. The first-order valence-electron chi connectivity index (χ1n) is 6.99. The van der Waals surface area contributed by atoms with Gasteiger partial charge in [-0.05, 0) is 33.9 Å². The van der Waals surface area contributed by atoms with Gasteiger partial charge in [0.1, 0.15) is 0 Å². The maximum absolute atomic E-state index is 4.37. The molecule has 2 N–H and O–H groups in total.